The lowest BCUT2D eigenvalue weighted by atomic mass is 10.2. The van der Waals surface area contributed by atoms with Gasteiger partial charge in [-0.05, 0) is 44.9 Å². The number of ether oxygens (including phenoxy) is 1. The van der Waals surface area contributed by atoms with Crippen molar-refractivity contribution in [2.45, 2.75) is 38.8 Å². The summed E-state index contributed by atoms with van der Waals surface area (Å²) >= 11 is 0. The first kappa shape index (κ1) is 20.6. The lowest BCUT2D eigenvalue weighted by molar-refractivity contribution is 0.204. The summed E-state index contributed by atoms with van der Waals surface area (Å²) < 4.78 is 19.4. The number of hydrogen-bond acceptors (Lipinski definition) is 5. The topological polar surface area (TPSA) is 90.6 Å². The van der Waals surface area contributed by atoms with Gasteiger partial charge in [-0.3, -0.25) is 4.79 Å². The Bertz CT molecular complexity index is 946. The van der Waals surface area contributed by atoms with E-state index in [1.807, 2.05) is 25.8 Å². The molecule has 0 bridgehead atoms. The van der Waals surface area contributed by atoms with E-state index in [2.05, 4.69) is 15.3 Å². The highest BCUT2D eigenvalue weighted by molar-refractivity contribution is 5.90. The van der Waals surface area contributed by atoms with Gasteiger partial charge < -0.3 is 24.8 Å². The number of aromatic amines is 1. The van der Waals surface area contributed by atoms with Crippen molar-refractivity contribution in [3.05, 3.63) is 46.4 Å². The minimum Gasteiger partial charge on any atom is -0.490 e. The number of likely N-dealkylation sites (tertiary alicyclic amines) is 1. The number of H-pyrrole nitrogens is 1. The van der Waals surface area contributed by atoms with E-state index in [0.717, 1.165) is 6.42 Å². The van der Waals surface area contributed by atoms with E-state index in [9.17, 15) is 14.0 Å². The molecule has 2 aromatic rings. The molecule has 1 aliphatic heterocycles. The molecule has 1 atom stereocenters. The second-order valence-corrected chi connectivity index (χ2v) is 7.32. The fraction of sp³-hybridized carbons (Fsp3) is 0.450. The first-order valence-corrected chi connectivity index (χ1v) is 9.55. The van der Waals surface area contributed by atoms with Gasteiger partial charge in [-0.1, -0.05) is 0 Å². The number of nitrogens with one attached hydrogen (secondary N) is 2. The van der Waals surface area contributed by atoms with Crippen molar-refractivity contribution in [3.8, 4) is 5.75 Å². The summed E-state index contributed by atoms with van der Waals surface area (Å²) in [5.41, 5.74) is 0.448. The zero-order chi connectivity index (χ0) is 21.1. The molecule has 0 aliphatic carbocycles. The van der Waals surface area contributed by atoms with Gasteiger partial charge in [0, 0.05) is 25.3 Å². The van der Waals surface area contributed by atoms with Crippen LogP contribution >= 0.6 is 0 Å². The van der Waals surface area contributed by atoms with Crippen LogP contribution in [0, 0.1) is 5.82 Å². The molecule has 1 unspecified atom stereocenters. The van der Waals surface area contributed by atoms with E-state index < -0.39 is 11.4 Å². The van der Waals surface area contributed by atoms with E-state index >= 15 is 0 Å². The molecular formula is C20H26FN5O3. The summed E-state index contributed by atoms with van der Waals surface area (Å²) in [5.74, 6) is 0.117. The fourth-order valence-corrected chi connectivity index (χ4v) is 3.35. The highest BCUT2D eigenvalue weighted by Gasteiger charge is 2.32. The van der Waals surface area contributed by atoms with Crippen LogP contribution in [0.25, 0.3) is 0 Å². The third-order valence-electron chi connectivity index (χ3n) is 5.19. The summed E-state index contributed by atoms with van der Waals surface area (Å²) in [5, 5.41) is 2.74. The molecule has 0 spiro atoms. The van der Waals surface area contributed by atoms with Crippen molar-refractivity contribution in [3.63, 3.8) is 0 Å². The van der Waals surface area contributed by atoms with Gasteiger partial charge in [-0.2, -0.15) is 0 Å². The van der Waals surface area contributed by atoms with Crippen molar-refractivity contribution >= 4 is 17.4 Å². The van der Waals surface area contributed by atoms with Crippen LogP contribution < -0.4 is 20.5 Å². The molecule has 2 amide bonds. The van der Waals surface area contributed by atoms with Gasteiger partial charge in [0.05, 0.1) is 25.0 Å². The quantitative estimate of drug-likeness (QED) is 0.801. The van der Waals surface area contributed by atoms with Crippen LogP contribution in [0.3, 0.4) is 0 Å². The number of aromatic nitrogens is 2. The highest BCUT2D eigenvalue weighted by atomic mass is 19.1. The molecule has 3 rings (SSSR count). The molecule has 1 aliphatic rings. The van der Waals surface area contributed by atoms with Gasteiger partial charge in [0.1, 0.15) is 11.6 Å². The number of rotatable bonds is 5. The third kappa shape index (κ3) is 4.33. The smallest absolute Gasteiger partial charge is 0.322 e. The Balaban J connectivity index is 1.75. The van der Waals surface area contributed by atoms with Gasteiger partial charge in [-0.25, -0.2) is 14.2 Å². The number of urea groups is 1. The maximum Gasteiger partial charge on any atom is 0.322 e. The van der Waals surface area contributed by atoms with Crippen LogP contribution in [0.1, 0.15) is 38.6 Å². The van der Waals surface area contributed by atoms with Crippen molar-refractivity contribution in [1.29, 1.82) is 0 Å². The number of benzene rings is 1. The third-order valence-corrected chi connectivity index (χ3v) is 5.19. The van der Waals surface area contributed by atoms with Crippen LogP contribution in [0.4, 0.5) is 20.6 Å². The van der Waals surface area contributed by atoms with Crippen molar-refractivity contribution in [1.82, 2.24) is 14.9 Å². The maximum absolute atomic E-state index is 14.5. The second kappa shape index (κ2) is 8.50. The number of halogens is 1. The molecule has 0 radical (unpaired) electrons. The minimum atomic E-state index is -0.405. The zero-order valence-electron chi connectivity index (χ0n) is 17.0. The Morgan fingerprint density at radius 1 is 1.45 bits per heavy atom. The van der Waals surface area contributed by atoms with Crippen molar-refractivity contribution in [2.75, 3.05) is 30.9 Å². The number of hydrogen-bond donors (Lipinski definition) is 2. The molecule has 156 valence electrons. The van der Waals surface area contributed by atoms with Gasteiger partial charge in [0.25, 0.3) is 5.56 Å². The summed E-state index contributed by atoms with van der Waals surface area (Å²) in [6.45, 7) is 4.46. The maximum atomic E-state index is 14.5. The zero-order valence-corrected chi connectivity index (χ0v) is 17.0. The van der Waals surface area contributed by atoms with E-state index in [-0.39, 0.29) is 23.9 Å². The molecule has 2 N–H and O–H groups in total. The fourth-order valence-electron chi connectivity index (χ4n) is 3.35. The molecule has 29 heavy (non-hydrogen) atoms. The Morgan fingerprint density at radius 3 is 2.83 bits per heavy atom. The normalized spacial score (nSPS) is 16.2. The Morgan fingerprint density at radius 2 is 2.21 bits per heavy atom. The van der Waals surface area contributed by atoms with Gasteiger partial charge in [0.15, 0.2) is 0 Å². The molecule has 1 saturated heterocycles. The van der Waals surface area contributed by atoms with Gasteiger partial charge in [0.2, 0.25) is 5.75 Å². The largest absolute Gasteiger partial charge is 0.490 e. The predicted molar refractivity (Wildman–Crippen MR) is 109 cm³/mol. The molecule has 9 heteroatoms. The summed E-state index contributed by atoms with van der Waals surface area (Å²) in [7, 11) is 3.21. The highest BCUT2D eigenvalue weighted by Crippen LogP contribution is 2.30. The molecular weight excluding hydrogens is 377 g/mol. The van der Waals surface area contributed by atoms with E-state index in [1.165, 1.54) is 19.4 Å². The minimum absolute atomic E-state index is 0.115. The van der Waals surface area contributed by atoms with Gasteiger partial charge in [-0.15, -0.1) is 0 Å². The molecule has 1 fully saturated rings. The van der Waals surface area contributed by atoms with Crippen LogP contribution in [-0.4, -0.2) is 47.6 Å². The predicted octanol–water partition coefficient (Wildman–Crippen LogP) is 3.13. The lowest BCUT2D eigenvalue weighted by Gasteiger charge is -2.26. The number of amides is 2. The van der Waals surface area contributed by atoms with E-state index in [1.54, 1.807) is 17.0 Å². The standard InChI is InChI=1S/C20H26FN5O3/c1-12(2)25(3)15-8-7-13(10-14(15)21)23-20(28)26-9-5-6-16(26)18-22-11-17(29-4)19(27)24-18/h7-8,10-12,16H,5-6,9H2,1-4H3,(H,23,28)(H,22,24,27). The lowest BCUT2D eigenvalue weighted by Crippen LogP contribution is -2.35. The molecule has 2 heterocycles. The summed E-state index contributed by atoms with van der Waals surface area (Å²) in [6, 6.07) is 4.06. The number of carbonyl (C=O) groups is 1. The first-order chi connectivity index (χ1) is 13.8. The van der Waals surface area contributed by atoms with E-state index in [0.29, 0.717) is 30.2 Å². The van der Waals surface area contributed by atoms with Crippen LogP contribution in [0.5, 0.6) is 5.75 Å². The number of carbonyl (C=O) groups excluding carboxylic acids is 1. The first-order valence-electron chi connectivity index (χ1n) is 9.55. The Hall–Kier alpha value is -3.10. The summed E-state index contributed by atoms with van der Waals surface area (Å²) in [4.78, 5) is 35.1. The molecule has 8 nitrogen and oxygen atoms in total. The van der Waals surface area contributed by atoms with E-state index in [4.69, 9.17) is 4.74 Å². The van der Waals surface area contributed by atoms with Crippen LogP contribution in [0.2, 0.25) is 0 Å². The van der Waals surface area contributed by atoms with Crippen molar-refractivity contribution in [2.24, 2.45) is 0 Å². The molecule has 1 aromatic carbocycles. The SMILES string of the molecule is COc1cnc(C2CCCN2C(=O)Nc2ccc(N(C)C(C)C)c(F)c2)[nH]c1=O. The number of methoxy groups -OCH3 is 1. The average Bonchev–Trinajstić information content (AvgIpc) is 3.17. The second-order valence-electron chi connectivity index (χ2n) is 7.32. The van der Waals surface area contributed by atoms with Crippen LogP contribution in [-0.2, 0) is 0 Å². The number of anilines is 2. The Kier molecular flexibility index (Phi) is 6.05. The van der Waals surface area contributed by atoms with Crippen molar-refractivity contribution < 1.29 is 13.9 Å². The summed E-state index contributed by atoms with van der Waals surface area (Å²) in [6.07, 6.45) is 2.80. The molecule has 1 aromatic heterocycles. The Labute approximate surface area is 168 Å². The van der Waals surface area contributed by atoms with Gasteiger partial charge >= 0.3 is 6.03 Å². The number of nitrogens with zero attached hydrogens (tertiary/aromatic N) is 3. The molecule has 0 saturated carbocycles. The monoisotopic (exact) mass is 403 g/mol. The van der Waals surface area contributed by atoms with Crippen LogP contribution in [0.15, 0.2) is 29.2 Å². The average molecular weight is 403 g/mol.